The maximum absolute atomic E-state index is 11.5. The number of hydrogen-bond acceptors (Lipinski definition) is 4. The Hall–Kier alpha value is -1.02. The molecule has 6 nitrogen and oxygen atoms in total. The summed E-state index contributed by atoms with van der Waals surface area (Å²) < 4.78 is 32.5. The summed E-state index contributed by atoms with van der Waals surface area (Å²) in [5, 5.41) is 0.325. The molecule has 8 heteroatoms. The van der Waals surface area contributed by atoms with E-state index in [0.29, 0.717) is 16.5 Å². The highest BCUT2D eigenvalue weighted by Crippen LogP contribution is 2.27. The molecule has 0 atom stereocenters. The highest BCUT2D eigenvalue weighted by Gasteiger charge is 2.09. The Kier molecular flexibility index (Phi) is 5.01. The monoisotopic (exact) mass is 279 g/mol. The zero-order valence-corrected chi connectivity index (χ0v) is 10.8. The van der Waals surface area contributed by atoms with Crippen molar-refractivity contribution in [3.8, 4) is 5.75 Å². The minimum absolute atomic E-state index is 0.166. The van der Waals surface area contributed by atoms with E-state index in [2.05, 4.69) is 9.44 Å². The van der Waals surface area contributed by atoms with Gasteiger partial charge in [0.15, 0.2) is 0 Å². The van der Waals surface area contributed by atoms with Gasteiger partial charge in [0.1, 0.15) is 5.75 Å². The predicted octanol–water partition coefficient (Wildman–Crippen LogP) is 0.554. The molecule has 0 heterocycles. The molecule has 0 fully saturated rings. The SMILES string of the molecule is COc1ccc(NS(=O)(=O)NCCN)cc1Cl. The van der Waals surface area contributed by atoms with E-state index in [1.54, 1.807) is 12.1 Å². The fraction of sp³-hybridized carbons (Fsp3) is 0.333. The van der Waals surface area contributed by atoms with Crippen LogP contribution in [0, 0.1) is 0 Å². The van der Waals surface area contributed by atoms with Crippen LogP contribution >= 0.6 is 11.6 Å². The number of halogens is 1. The van der Waals surface area contributed by atoms with Crippen LogP contribution in [0.1, 0.15) is 0 Å². The number of hydrogen-bond donors (Lipinski definition) is 3. The van der Waals surface area contributed by atoms with E-state index < -0.39 is 10.2 Å². The van der Waals surface area contributed by atoms with Gasteiger partial charge in [-0.1, -0.05) is 11.6 Å². The zero-order valence-electron chi connectivity index (χ0n) is 9.23. The van der Waals surface area contributed by atoms with Gasteiger partial charge in [-0.3, -0.25) is 4.72 Å². The molecule has 1 aromatic rings. The Labute approximate surface area is 105 Å². The number of rotatable bonds is 6. The Morgan fingerprint density at radius 3 is 2.71 bits per heavy atom. The lowest BCUT2D eigenvalue weighted by Gasteiger charge is -2.10. The molecule has 0 unspecified atom stereocenters. The summed E-state index contributed by atoms with van der Waals surface area (Å²) in [5.41, 5.74) is 5.55. The molecule has 0 aliphatic rings. The summed E-state index contributed by atoms with van der Waals surface area (Å²) in [5.74, 6) is 0.476. The summed E-state index contributed by atoms with van der Waals surface area (Å²) in [4.78, 5) is 0. The second-order valence-electron chi connectivity index (χ2n) is 3.14. The van der Waals surface area contributed by atoms with E-state index in [1.807, 2.05) is 0 Å². The second kappa shape index (κ2) is 6.06. The Morgan fingerprint density at radius 1 is 1.47 bits per heavy atom. The maximum Gasteiger partial charge on any atom is 0.299 e. The van der Waals surface area contributed by atoms with Crippen LogP contribution in [0.5, 0.6) is 5.75 Å². The average Bonchev–Trinajstić information content (AvgIpc) is 2.26. The lowest BCUT2D eigenvalue weighted by Crippen LogP contribution is -2.33. The molecule has 1 rings (SSSR count). The van der Waals surface area contributed by atoms with Gasteiger partial charge in [0.2, 0.25) is 0 Å². The van der Waals surface area contributed by atoms with Crippen LogP contribution in [0.2, 0.25) is 5.02 Å². The van der Waals surface area contributed by atoms with Crippen molar-refractivity contribution in [3.63, 3.8) is 0 Å². The van der Waals surface area contributed by atoms with Gasteiger partial charge >= 0.3 is 0 Å². The molecule has 0 amide bonds. The first kappa shape index (κ1) is 14.0. The first-order valence-electron chi connectivity index (χ1n) is 4.79. The zero-order chi connectivity index (χ0) is 12.9. The predicted molar refractivity (Wildman–Crippen MR) is 67.6 cm³/mol. The highest BCUT2D eigenvalue weighted by molar-refractivity contribution is 7.90. The van der Waals surface area contributed by atoms with Crippen LogP contribution in [0.4, 0.5) is 5.69 Å². The molecule has 0 radical (unpaired) electrons. The Balaban J connectivity index is 2.78. The number of nitrogens with two attached hydrogens (primary N) is 1. The number of methoxy groups -OCH3 is 1. The minimum atomic E-state index is -3.61. The number of benzene rings is 1. The van der Waals surface area contributed by atoms with Crippen molar-refractivity contribution in [2.75, 3.05) is 24.9 Å². The van der Waals surface area contributed by atoms with Gasteiger partial charge in [0, 0.05) is 13.1 Å². The van der Waals surface area contributed by atoms with E-state index in [9.17, 15) is 8.42 Å². The van der Waals surface area contributed by atoms with Crippen LogP contribution in [0.15, 0.2) is 18.2 Å². The van der Waals surface area contributed by atoms with E-state index in [0.717, 1.165) is 0 Å². The van der Waals surface area contributed by atoms with Crippen molar-refractivity contribution in [1.29, 1.82) is 0 Å². The van der Waals surface area contributed by atoms with Gasteiger partial charge in [-0.05, 0) is 18.2 Å². The molecule has 0 saturated carbocycles. The first-order chi connectivity index (χ1) is 7.98. The molecule has 0 saturated heterocycles. The smallest absolute Gasteiger partial charge is 0.299 e. The van der Waals surface area contributed by atoms with Crippen molar-refractivity contribution in [1.82, 2.24) is 4.72 Å². The summed E-state index contributed by atoms with van der Waals surface area (Å²) in [6, 6.07) is 4.58. The van der Waals surface area contributed by atoms with Crippen molar-refractivity contribution in [2.45, 2.75) is 0 Å². The fourth-order valence-corrected chi connectivity index (χ4v) is 2.27. The Bertz CT molecular complexity index is 478. The fourth-order valence-electron chi connectivity index (χ4n) is 1.11. The molecule has 0 aromatic heterocycles. The highest BCUT2D eigenvalue weighted by atomic mass is 35.5. The molecule has 96 valence electrons. The molecule has 1 aromatic carbocycles. The largest absolute Gasteiger partial charge is 0.495 e. The lowest BCUT2D eigenvalue weighted by atomic mass is 10.3. The van der Waals surface area contributed by atoms with Crippen LogP contribution in [0.25, 0.3) is 0 Å². The van der Waals surface area contributed by atoms with Crippen molar-refractivity contribution >= 4 is 27.5 Å². The summed E-state index contributed by atoms with van der Waals surface area (Å²) in [6.07, 6.45) is 0. The standard InChI is InChI=1S/C9H14ClN3O3S/c1-16-9-3-2-7(6-8(9)10)13-17(14,15)12-5-4-11/h2-3,6,12-13H,4-5,11H2,1H3. The first-order valence-corrected chi connectivity index (χ1v) is 6.65. The molecule has 17 heavy (non-hydrogen) atoms. The minimum Gasteiger partial charge on any atom is -0.495 e. The topological polar surface area (TPSA) is 93.4 Å². The van der Waals surface area contributed by atoms with Crippen LogP contribution < -0.4 is 19.9 Å². The van der Waals surface area contributed by atoms with Gasteiger partial charge in [0.05, 0.1) is 17.8 Å². The third-order valence-electron chi connectivity index (χ3n) is 1.84. The van der Waals surface area contributed by atoms with E-state index in [4.69, 9.17) is 22.1 Å². The van der Waals surface area contributed by atoms with Crippen LogP contribution in [0.3, 0.4) is 0 Å². The van der Waals surface area contributed by atoms with Crippen LogP contribution in [-0.4, -0.2) is 28.6 Å². The molecular weight excluding hydrogens is 266 g/mol. The molecule has 0 aliphatic heterocycles. The molecule has 0 aliphatic carbocycles. The molecular formula is C9H14ClN3O3S. The van der Waals surface area contributed by atoms with Crippen molar-refractivity contribution in [3.05, 3.63) is 23.2 Å². The molecule has 0 spiro atoms. The Morgan fingerprint density at radius 2 is 2.18 bits per heavy atom. The average molecular weight is 280 g/mol. The quantitative estimate of drug-likeness (QED) is 0.709. The van der Waals surface area contributed by atoms with E-state index in [-0.39, 0.29) is 13.1 Å². The van der Waals surface area contributed by atoms with Gasteiger partial charge < -0.3 is 10.5 Å². The number of anilines is 1. The van der Waals surface area contributed by atoms with Gasteiger partial charge in [-0.2, -0.15) is 13.1 Å². The lowest BCUT2D eigenvalue weighted by molar-refractivity contribution is 0.415. The van der Waals surface area contributed by atoms with Gasteiger partial charge in [0.25, 0.3) is 10.2 Å². The third-order valence-corrected chi connectivity index (χ3v) is 3.22. The normalized spacial score (nSPS) is 11.2. The maximum atomic E-state index is 11.5. The van der Waals surface area contributed by atoms with Gasteiger partial charge in [-0.15, -0.1) is 0 Å². The second-order valence-corrected chi connectivity index (χ2v) is 5.04. The molecule has 4 N–H and O–H groups in total. The molecule has 0 bridgehead atoms. The third kappa shape index (κ3) is 4.39. The van der Waals surface area contributed by atoms with E-state index in [1.165, 1.54) is 13.2 Å². The number of ether oxygens (including phenoxy) is 1. The van der Waals surface area contributed by atoms with Crippen molar-refractivity contribution < 1.29 is 13.2 Å². The number of nitrogens with one attached hydrogen (secondary N) is 2. The summed E-state index contributed by atoms with van der Waals surface area (Å²) >= 11 is 5.86. The summed E-state index contributed by atoms with van der Waals surface area (Å²) in [7, 11) is -2.13. The van der Waals surface area contributed by atoms with Crippen LogP contribution in [-0.2, 0) is 10.2 Å². The van der Waals surface area contributed by atoms with Crippen molar-refractivity contribution in [2.24, 2.45) is 5.73 Å². The van der Waals surface area contributed by atoms with E-state index >= 15 is 0 Å². The van der Waals surface area contributed by atoms with Gasteiger partial charge in [-0.25, -0.2) is 0 Å². The summed E-state index contributed by atoms with van der Waals surface area (Å²) in [6.45, 7) is 0.392.